The molecule has 0 atom stereocenters. The molecule has 0 saturated heterocycles. The molecule has 0 aromatic heterocycles. The van der Waals surface area contributed by atoms with Crippen molar-refractivity contribution < 1.29 is 27.1 Å². The van der Waals surface area contributed by atoms with Gasteiger partial charge < -0.3 is 27.1 Å². The maximum atomic E-state index is 6.45. The highest BCUT2D eigenvalue weighted by Gasteiger charge is 2.25. The lowest BCUT2D eigenvalue weighted by Gasteiger charge is -2.27. The minimum Gasteiger partial charge on any atom is -0.427 e. The molecule has 0 amide bonds. The Balaban J connectivity index is 1.92. The van der Waals surface area contributed by atoms with Crippen LogP contribution in [0.4, 0.5) is 0 Å². The van der Waals surface area contributed by atoms with Gasteiger partial charge in [-0.25, -0.2) is 0 Å². The van der Waals surface area contributed by atoms with E-state index in [1.807, 2.05) is 0 Å². The van der Waals surface area contributed by atoms with E-state index in [2.05, 4.69) is 90.1 Å². The van der Waals surface area contributed by atoms with Crippen molar-refractivity contribution in [2.45, 2.75) is 304 Å². The van der Waals surface area contributed by atoms with E-state index in [0.29, 0.717) is 26.4 Å². The predicted molar refractivity (Wildman–Crippen MR) is 311 cm³/mol. The summed E-state index contributed by atoms with van der Waals surface area (Å²) in [6.45, 7) is 16.5. The van der Waals surface area contributed by atoms with E-state index in [9.17, 15) is 0 Å². The second kappa shape index (κ2) is 48.4. The first kappa shape index (κ1) is 65.9. The Morgan fingerprint density at radius 1 is 0.268 bits per heavy atom. The Morgan fingerprint density at radius 3 is 0.648 bits per heavy atom. The molecule has 0 bridgehead atoms. The molecule has 0 saturated carbocycles. The highest BCUT2D eigenvalue weighted by atomic mass is 31.2. The van der Waals surface area contributed by atoms with Gasteiger partial charge in [0, 0.05) is 5.41 Å². The van der Waals surface area contributed by atoms with Gasteiger partial charge in [0.25, 0.3) is 0 Å². The number of unbranched alkanes of at least 4 members (excludes halogenated alkanes) is 36. The summed E-state index contributed by atoms with van der Waals surface area (Å²) in [6, 6.07) is 17.1. The zero-order valence-electron chi connectivity index (χ0n) is 47.6. The number of hydrogen-bond acceptors (Lipinski definition) is 6. The predicted octanol–water partition coefficient (Wildman–Crippen LogP) is 23.0. The Bertz CT molecular complexity index is 1230. The largest absolute Gasteiger partial charge is 0.427 e. The average Bonchev–Trinajstić information content (AvgIpc) is 3.38. The van der Waals surface area contributed by atoms with E-state index in [-0.39, 0.29) is 5.41 Å². The molecule has 0 heterocycles. The first-order chi connectivity index (χ1) is 34.9. The first-order valence-electron chi connectivity index (χ1n) is 30.6. The quantitative estimate of drug-likeness (QED) is 0.0486. The lowest BCUT2D eigenvalue weighted by Crippen LogP contribution is -2.18. The van der Waals surface area contributed by atoms with Crippen LogP contribution in [0, 0.1) is 0 Å². The number of hydrogen-bond donors (Lipinski definition) is 0. The van der Waals surface area contributed by atoms with Gasteiger partial charge in [-0.3, -0.25) is 0 Å². The third-order valence-electron chi connectivity index (χ3n) is 14.3. The lowest BCUT2D eigenvalue weighted by molar-refractivity contribution is 0.198. The topological polar surface area (TPSA) is 55.4 Å². The molecule has 0 aliphatic heterocycles. The molecule has 0 aliphatic carbocycles. The highest BCUT2D eigenvalue weighted by Crippen LogP contribution is 2.44. The summed E-state index contributed by atoms with van der Waals surface area (Å²) in [6.07, 6.45) is 52.4. The molecule has 0 unspecified atom stereocenters. The van der Waals surface area contributed by atoms with Crippen molar-refractivity contribution in [2.75, 3.05) is 26.4 Å². The van der Waals surface area contributed by atoms with Crippen molar-refractivity contribution in [3.8, 4) is 11.5 Å². The third kappa shape index (κ3) is 37.2. The van der Waals surface area contributed by atoms with E-state index in [0.717, 1.165) is 37.2 Å². The van der Waals surface area contributed by atoms with Crippen molar-refractivity contribution >= 4 is 17.2 Å². The molecule has 0 aliphatic rings. The summed E-state index contributed by atoms with van der Waals surface area (Å²) in [7, 11) is -2.92. The van der Waals surface area contributed by atoms with Crippen molar-refractivity contribution in [1.82, 2.24) is 0 Å². The minimum atomic E-state index is -1.46. The molecule has 6 nitrogen and oxygen atoms in total. The second-order valence-corrected chi connectivity index (χ2v) is 23.7. The van der Waals surface area contributed by atoms with Crippen LogP contribution in [-0.4, -0.2) is 26.4 Å². The van der Waals surface area contributed by atoms with E-state index >= 15 is 0 Å². The fourth-order valence-corrected chi connectivity index (χ4v) is 11.4. The minimum absolute atomic E-state index is 0.220. The molecule has 0 fully saturated rings. The van der Waals surface area contributed by atoms with Gasteiger partial charge in [-0.05, 0) is 61.1 Å². The summed E-state index contributed by atoms with van der Waals surface area (Å²) in [5.41, 5.74) is 2.23. The van der Waals surface area contributed by atoms with Crippen molar-refractivity contribution in [3.05, 3.63) is 59.7 Å². The van der Waals surface area contributed by atoms with Crippen molar-refractivity contribution in [3.63, 3.8) is 0 Å². The fourth-order valence-electron chi connectivity index (χ4n) is 9.30. The maximum Gasteiger partial charge on any atom is 0.397 e. The maximum absolute atomic E-state index is 6.45. The summed E-state index contributed by atoms with van der Waals surface area (Å²) >= 11 is 0. The Labute approximate surface area is 443 Å². The van der Waals surface area contributed by atoms with Crippen molar-refractivity contribution in [1.29, 1.82) is 0 Å². The van der Waals surface area contributed by atoms with Gasteiger partial charge in [-0.15, -0.1) is 0 Å². The summed E-state index contributed by atoms with van der Waals surface area (Å²) in [5.74, 6) is 1.60. The zero-order chi connectivity index (χ0) is 51.0. The lowest BCUT2D eigenvalue weighted by atomic mass is 9.78. The molecule has 0 spiro atoms. The third-order valence-corrected chi connectivity index (χ3v) is 16.6. The van der Waals surface area contributed by atoms with E-state index in [1.54, 1.807) is 0 Å². The summed E-state index contributed by atoms with van der Waals surface area (Å²) in [5, 5.41) is 0. The van der Waals surface area contributed by atoms with Crippen LogP contribution in [0.25, 0.3) is 0 Å². The van der Waals surface area contributed by atoms with Gasteiger partial charge in [0.05, 0.1) is 26.4 Å². The van der Waals surface area contributed by atoms with Gasteiger partial charge in [0.15, 0.2) is 0 Å². The summed E-state index contributed by atoms with van der Waals surface area (Å²) in [4.78, 5) is 0. The normalized spacial score (nSPS) is 11.9. The van der Waals surface area contributed by atoms with Gasteiger partial charge in [-0.2, -0.15) is 0 Å². The summed E-state index contributed by atoms with van der Waals surface area (Å²) < 4.78 is 38.2. The van der Waals surface area contributed by atoms with Gasteiger partial charge >= 0.3 is 17.2 Å². The fraction of sp³-hybridized carbons (Fsp3) is 0.810. The van der Waals surface area contributed by atoms with Gasteiger partial charge in [0.2, 0.25) is 0 Å². The van der Waals surface area contributed by atoms with Crippen LogP contribution in [0.2, 0.25) is 0 Å². The van der Waals surface area contributed by atoms with E-state index < -0.39 is 17.2 Å². The van der Waals surface area contributed by atoms with Crippen LogP contribution >= 0.6 is 17.2 Å². The van der Waals surface area contributed by atoms with Crippen LogP contribution in [-0.2, 0) is 23.5 Å². The van der Waals surface area contributed by atoms with E-state index in [1.165, 1.54) is 242 Å². The SMILES string of the molecule is CCCCCCCCCCCCOP(OCCCCCCCCCCCC)Oc1ccc(C(C)(C)c2ccc(OP(OCCCCCCCCCCCC)OCCCCCCCCCCCC)cc2)cc1. The van der Waals surface area contributed by atoms with Crippen LogP contribution in [0.5, 0.6) is 11.5 Å². The molecule has 2 aromatic rings. The highest BCUT2D eigenvalue weighted by molar-refractivity contribution is 7.42. The van der Waals surface area contributed by atoms with Crippen molar-refractivity contribution in [2.24, 2.45) is 0 Å². The monoisotopic (exact) mass is 1030 g/mol. The Hall–Kier alpha value is -1.26. The zero-order valence-corrected chi connectivity index (χ0v) is 49.4. The van der Waals surface area contributed by atoms with Gasteiger partial charge in [-0.1, -0.05) is 297 Å². The molecular weight excluding hydrogens is 915 g/mol. The Kier molecular flexibility index (Phi) is 44.9. The smallest absolute Gasteiger partial charge is 0.397 e. The molecule has 2 rings (SSSR count). The molecule has 0 radical (unpaired) electrons. The number of benzene rings is 2. The van der Waals surface area contributed by atoms with Crippen LogP contribution in [0.3, 0.4) is 0 Å². The molecule has 71 heavy (non-hydrogen) atoms. The average molecular weight is 1030 g/mol. The standard InChI is InChI=1S/C63H114O6P2/c1-7-11-15-19-23-27-31-35-39-43-55-64-70(65-56-44-40-36-32-28-24-20-16-12-8-2)68-61-51-47-59(48-52-61)63(5,6)60-49-53-62(54-50-60)69-71(66-57-45-41-37-33-29-25-21-17-13-9-3)67-58-46-42-38-34-30-26-22-18-14-10-4/h47-54H,7-46,55-58H2,1-6H3. The molecule has 412 valence electrons. The molecule has 8 heteroatoms. The first-order valence-corrected chi connectivity index (χ1v) is 32.8. The number of rotatable bonds is 54. The van der Waals surface area contributed by atoms with Crippen LogP contribution < -0.4 is 9.05 Å². The van der Waals surface area contributed by atoms with E-state index in [4.69, 9.17) is 27.1 Å². The van der Waals surface area contributed by atoms with Crippen LogP contribution in [0.15, 0.2) is 48.5 Å². The molecule has 0 N–H and O–H groups in total. The Morgan fingerprint density at radius 2 is 0.451 bits per heavy atom. The molecular formula is C63H114O6P2. The van der Waals surface area contributed by atoms with Gasteiger partial charge in [0.1, 0.15) is 11.5 Å². The molecule has 2 aromatic carbocycles. The van der Waals surface area contributed by atoms with Crippen LogP contribution in [0.1, 0.15) is 310 Å². The second-order valence-electron chi connectivity index (χ2n) is 21.4.